The van der Waals surface area contributed by atoms with E-state index in [4.69, 9.17) is 14.2 Å². The maximum atomic E-state index is 5.69. The van der Waals surface area contributed by atoms with Crippen molar-refractivity contribution >= 4 is 0 Å². The molecule has 0 amide bonds. The molecule has 4 heteroatoms. The largest absolute Gasteiger partial charge is 0.491 e. The summed E-state index contributed by atoms with van der Waals surface area (Å²) in [5.41, 5.74) is 1.23. The molecule has 0 radical (unpaired) electrons. The van der Waals surface area contributed by atoms with Crippen LogP contribution in [0.25, 0.3) is 0 Å². The van der Waals surface area contributed by atoms with Crippen LogP contribution in [0.3, 0.4) is 0 Å². The molecule has 1 aromatic rings. The van der Waals surface area contributed by atoms with E-state index in [1.54, 1.807) is 0 Å². The lowest BCUT2D eigenvalue weighted by Gasteiger charge is -2.13. The summed E-state index contributed by atoms with van der Waals surface area (Å²) in [7, 11) is 0. The average molecular weight is 281 g/mol. The van der Waals surface area contributed by atoms with Crippen LogP contribution in [0.2, 0.25) is 0 Å². The van der Waals surface area contributed by atoms with Crippen molar-refractivity contribution in [3.63, 3.8) is 0 Å². The molecule has 20 heavy (non-hydrogen) atoms. The smallest absolute Gasteiger partial charge is 0.119 e. The van der Waals surface area contributed by atoms with Crippen LogP contribution in [-0.4, -0.2) is 39.1 Å². The number of benzene rings is 1. The van der Waals surface area contributed by atoms with Gasteiger partial charge in [0.15, 0.2) is 0 Å². The second-order valence-corrected chi connectivity index (χ2v) is 4.62. The third kappa shape index (κ3) is 7.48. The number of rotatable bonds is 11. The zero-order valence-corrected chi connectivity index (χ0v) is 12.9. The Morgan fingerprint density at radius 2 is 2.05 bits per heavy atom. The van der Waals surface area contributed by atoms with Crippen molar-refractivity contribution in [2.45, 2.75) is 33.4 Å². The molecule has 0 saturated heterocycles. The zero-order chi connectivity index (χ0) is 14.6. The molecular formula is C16H27NO3. The highest BCUT2D eigenvalue weighted by Gasteiger charge is 2.02. The van der Waals surface area contributed by atoms with Crippen LogP contribution in [0.15, 0.2) is 24.3 Å². The van der Waals surface area contributed by atoms with Gasteiger partial charge >= 0.3 is 0 Å². The van der Waals surface area contributed by atoms with Gasteiger partial charge in [0.25, 0.3) is 0 Å². The minimum atomic E-state index is 0.110. The van der Waals surface area contributed by atoms with Gasteiger partial charge in [-0.05, 0) is 38.1 Å². The van der Waals surface area contributed by atoms with Crippen LogP contribution in [-0.2, 0) is 16.0 Å². The predicted octanol–water partition coefficient (Wildman–Crippen LogP) is 2.62. The van der Waals surface area contributed by atoms with Gasteiger partial charge in [-0.15, -0.1) is 0 Å². The Hall–Kier alpha value is -1.10. The molecule has 0 heterocycles. The van der Waals surface area contributed by atoms with E-state index < -0.39 is 0 Å². The average Bonchev–Trinajstić information content (AvgIpc) is 2.48. The Morgan fingerprint density at radius 1 is 1.20 bits per heavy atom. The Bertz CT molecular complexity index is 357. The molecule has 4 nitrogen and oxygen atoms in total. The lowest BCUT2D eigenvalue weighted by atomic mass is 10.2. The lowest BCUT2D eigenvalue weighted by Crippen LogP contribution is -2.19. The Morgan fingerprint density at radius 3 is 2.80 bits per heavy atom. The molecule has 1 unspecified atom stereocenters. The van der Waals surface area contributed by atoms with Crippen molar-refractivity contribution in [1.82, 2.24) is 5.32 Å². The van der Waals surface area contributed by atoms with Gasteiger partial charge in [-0.3, -0.25) is 0 Å². The molecule has 0 aromatic heterocycles. The molecule has 1 rings (SSSR count). The van der Waals surface area contributed by atoms with Gasteiger partial charge in [0.1, 0.15) is 12.4 Å². The van der Waals surface area contributed by atoms with Crippen molar-refractivity contribution in [2.24, 2.45) is 0 Å². The first-order valence-corrected chi connectivity index (χ1v) is 7.38. The van der Waals surface area contributed by atoms with Crippen molar-refractivity contribution in [2.75, 3.05) is 33.0 Å². The van der Waals surface area contributed by atoms with Gasteiger partial charge in [-0.2, -0.15) is 0 Å². The molecule has 0 fully saturated rings. The summed E-state index contributed by atoms with van der Waals surface area (Å²) in [6, 6.07) is 8.14. The van der Waals surface area contributed by atoms with Crippen LogP contribution in [0.4, 0.5) is 0 Å². The van der Waals surface area contributed by atoms with E-state index in [0.717, 1.165) is 25.4 Å². The SMILES string of the molecule is CCNCc1cccc(OCCOC(C)COCC)c1. The molecule has 0 spiro atoms. The third-order valence-electron chi connectivity index (χ3n) is 2.79. The molecule has 0 bridgehead atoms. The lowest BCUT2D eigenvalue weighted by molar-refractivity contribution is -0.0128. The fourth-order valence-electron chi connectivity index (χ4n) is 1.76. The van der Waals surface area contributed by atoms with E-state index in [-0.39, 0.29) is 6.10 Å². The summed E-state index contributed by atoms with van der Waals surface area (Å²) < 4.78 is 16.6. The Labute approximate surface area is 122 Å². The van der Waals surface area contributed by atoms with Gasteiger partial charge < -0.3 is 19.5 Å². The highest BCUT2D eigenvalue weighted by Crippen LogP contribution is 2.13. The van der Waals surface area contributed by atoms with Gasteiger partial charge in [-0.1, -0.05) is 19.1 Å². The van der Waals surface area contributed by atoms with Crippen LogP contribution >= 0.6 is 0 Å². The molecule has 0 aliphatic carbocycles. The first kappa shape index (κ1) is 17.0. The van der Waals surface area contributed by atoms with Crippen LogP contribution in [0.1, 0.15) is 26.3 Å². The van der Waals surface area contributed by atoms with Gasteiger partial charge in [0.05, 0.1) is 19.3 Å². The Balaban J connectivity index is 2.21. The van der Waals surface area contributed by atoms with E-state index in [1.165, 1.54) is 5.56 Å². The quantitative estimate of drug-likeness (QED) is 0.633. The summed E-state index contributed by atoms with van der Waals surface area (Å²) in [4.78, 5) is 0. The fraction of sp³-hybridized carbons (Fsp3) is 0.625. The zero-order valence-electron chi connectivity index (χ0n) is 12.9. The van der Waals surface area contributed by atoms with Crippen LogP contribution in [0, 0.1) is 0 Å². The summed E-state index contributed by atoms with van der Waals surface area (Å²) in [6.45, 7) is 10.4. The van der Waals surface area contributed by atoms with E-state index in [1.807, 2.05) is 26.0 Å². The second kappa shape index (κ2) is 10.7. The molecule has 0 aliphatic heterocycles. The number of nitrogens with one attached hydrogen (secondary N) is 1. The van der Waals surface area contributed by atoms with E-state index >= 15 is 0 Å². The van der Waals surface area contributed by atoms with Gasteiger partial charge in [0, 0.05) is 13.2 Å². The van der Waals surface area contributed by atoms with E-state index in [9.17, 15) is 0 Å². The second-order valence-electron chi connectivity index (χ2n) is 4.62. The van der Waals surface area contributed by atoms with Crippen molar-refractivity contribution in [3.8, 4) is 5.75 Å². The molecule has 0 saturated carbocycles. The monoisotopic (exact) mass is 281 g/mol. The molecule has 114 valence electrons. The Kier molecular flexibility index (Phi) is 9.04. The maximum Gasteiger partial charge on any atom is 0.119 e. The predicted molar refractivity (Wildman–Crippen MR) is 81.2 cm³/mol. The van der Waals surface area contributed by atoms with E-state index in [2.05, 4.69) is 24.4 Å². The minimum Gasteiger partial charge on any atom is -0.491 e. The van der Waals surface area contributed by atoms with Gasteiger partial charge in [-0.25, -0.2) is 0 Å². The van der Waals surface area contributed by atoms with Gasteiger partial charge in [0.2, 0.25) is 0 Å². The molecular weight excluding hydrogens is 254 g/mol. The molecule has 1 N–H and O–H groups in total. The highest BCUT2D eigenvalue weighted by atomic mass is 16.5. The van der Waals surface area contributed by atoms with E-state index in [0.29, 0.717) is 19.8 Å². The number of hydrogen-bond donors (Lipinski definition) is 1. The minimum absolute atomic E-state index is 0.110. The molecule has 0 aliphatic rings. The third-order valence-corrected chi connectivity index (χ3v) is 2.79. The molecule has 1 atom stereocenters. The summed E-state index contributed by atoms with van der Waals surface area (Å²) in [5, 5.41) is 3.30. The topological polar surface area (TPSA) is 39.7 Å². The van der Waals surface area contributed by atoms with Crippen molar-refractivity contribution in [1.29, 1.82) is 0 Å². The number of ether oxygens (including phenoxy) is 3. The fourth-order valence-corrected chi connectivity index (χ4v) is 1.76. The van der Waals surface area contributed by atoms with Crippen LogP contribution < -0.4 is 10.1 Å². The standard InChI is InChI=1S/C16H27NO3/c1-4-17-12-15-7-6-8-16(11-15)20-10-9-19-14(3)13-18-5-2/h6-8,11,14,17H,4-5,9-10,12-13H2,1-3H3. The summed E-state index contributed by atoms with van der Waals surface area (Å²) in [5.74, 6) is 0.890. The first-order chi connectivity index (χ1) is 9.76. The molecule has 1 aromatic carbocycles. The van der Waals surface area contributed by atoms with Crippen molar-refractivity contribution in [3.05, 3.63) is 29.8 Å². The van der Waals surface area contributed by atoms with Crippen molar-refractivity contribution < 1.29 is 14.2 Å². The summed E-state index contributed by atoms with van der Waals surface area (Å²) >= 11 is 0. The van der Waals surface area contributed by atoms with Crippen LogP contribution in [0.5, 0.6) is 5.75 Å². The summed E-state index contributed by atoms with van der Waals surface area (Å²) in [6.07, 6.45) is 0.110. The normalized spacial score (nSPS) is 12.3. The number of hydrogen-bond acceptors (Lipinski definition) is 4. The maximum absolute atomic E-state index is 5.69. The first-order valence-electron chi connectivity index (χ1n) is 7.38. The highest BCUT2D eigenvalue weighted by molar-refractivity contribution is 5.28.